The molecule has 0 aliphatic carbocycles. The predicted octanol–water partition coefficient (Wildman–Crippen LogP) is 3.13. The Morgan fingerprint density at radius 3 is 2.52 bits per heavy atom. The van der Waals surface area contributed by atoms with Crippen molar-refractivity contribution in [3.8, 4) is 0 Å². The minimum atomic E-state index is -0.407. The minimum absolute atomic E-state index is 0.141. The highest BCUT2D eigenvalue weighted by atomic mass is 19.1. The van der Waals surface area contributed by atoms with E-state index in [0.29, 0.717) is 5.56 Å². The van der Waals surface area contributed by atoms with Gasteiger partial charge in [-0.2, -0.15) is 0 Å². The first-order valence-electron chi connectivity index (χ1n) is 6.53. The Labute approximate surface area is 121 Å². The third-order valence-electron chi connectivity index (χ3n) is 3.31. The lowest BCUT2D eigenvalue weighted by atomic mass is 10.1. The fraction of sp³-hybridized carbons (Fsp3) is 0.0588. The van der Waals surface area contributed by atoms with Crippen molar-refractivity contribution in [1.29, 1.82) is 0 Å². The smallest absolute Gasteiger partial charge is 0.209 e. The molecule has 1 aliphatic rings. The summed E-state index contributed by atoms with van der Waals surface area (Å²) in [5.74, 6) is -0.881. The molecule has 0 unspecified atom stereocenters. The van der Waals surface area contributed by atoms with Gasteiger partial charge in [0, 0.05) is 23.7 Å². The summed E-state index contributed by atoms with van der Waals surface area (Å²) in [5, 5.41) is 3.00. The number of nitrogens with one attached hydrogen (secondary N) is 1. The number of fused-ring (bicyclic) bond motifs is 1. The molecule has 4 heteroatoms. The quantitative estimate of drug-likeness (QED) is 0.860. The number of benzene rings is 2. The molecule has 1 aliphatic heterocycles. The fourth-order valence-electron chi connectivity index (χ4n) is 2.26. The molecular weight excluding hydrogens is 269 g/mol. The number of carbonyl (C=O) groups excluding carboxylic acids is 2. The normalized spacial score (nSPS) is 13.8. The number of hydrogen-bond acceptors (Lipinski definition) is 3. The highest BCUT2D eigenvalue weighted by Gasteiger charge is 2.19. The van der Waals surface area contributed by atoms with Crippen LogP contribution in [0.3, 0.4) is 0 Å². The average Bonchev–Trinajstić information content (AvgIpc) is 2.65. The second-order valence-corrected chi connectivity index (χ2v) is 4.82. The SMILES string of the molecule is O=C1C=C(C(=O)c2ccc(F)cc2)Nc2ccccc2C1. The van der Waals surface area contributed by atoms with E-state index in [4.69, 9.17) is 0 Å². The van der Waals surface area contributed by atoms with Gasteiger partial charge in [0.15, 0.2) is 5.78 Å². The molecule has 104 valence electrons. The Morgan fingerprint density at radius 2 is 1.76 bits per heavy atom. The molecule has 3 rings (SSSR count). The van der Waals surface area contributed by atoms with Gasteiger partial charge in [0.2, 0.25) is 5.78 Å². The summed E-state index contributed by atoms with van der Waals surface area (Å²) in [6.45, 7) is 0. The summed E-state index contributed by atoms with van der Waals surface area (Å²) >= 11 is 0. The summed E-state index contributed by atoms with van der Waals surface area (Å²) in [6.07, 6.45) is 1.56. The molecule has 3 nitrogen and oxygen atoms in total. The molecule has 0 atom stereocenters. The number of anilines is 1. The Bertz CT molecular complexity index is 748. The molecule has 2 aromatic rings. The molecule has 0 bridgehead atoms. The number of Topliss-reactive ketones (excluding diaryl/α,β-unsaturated/α-hetero) is 1. The van der Waals surface area contributed by atoms with E-state index < -0.39 is 5.82 Å². The molecule has 0 aromatic heterocycles. The number of ketones is 2. The lowest BCUT2D eigenvalue weighted by molar-refractivity contribution is -0.114. The topological polar surface area (TPSA) is 46.2 Å². The van der Waals surface area contributed by atoms with E-state index in [1.165, 1.54) is 30.3 Å². The maximum Gasteiger partial charge on any atom is 0.209 e. The maximum atomic E-state index is 12.9. The van der Waals surface area contributed by atoms with Gasteiger partial charge < -0.3 is 5.32 Å². The van der Waals surface area contributed by atoms with Gasteiger partial charge in [-0.3, -0.25) is 9.59 Å². The molecule has 21 heavy (non-hydrogen) atoms. The van der Waals surface area contributed by atoms with Gasteiger partial charge in [-0.15, -0.1) is 0 Å². The molecular formula is C17H12FNO2. The standard InChI is InChI=1S/C17H12FNO2/c18-13-7-5-11(6-8-13)17(21)16-10-14(20)9-12-3-1-2-4-15(12)19-16/h1-8,10,19H,9H2. The number of carbonyl (C=O) groups is 2. The summed E-state index contributed by atoms with van der Waals surface area (Å²) in [5.41, 5.74) is 2.13. The molecule has 0 amide bonds. The summed E-state index contributed by atoms with van der Waals surface area (Å²) in [7, 11) is 0. The second kappa shape index (κ2) is 5.32. The lowest BCUT2D eigenvalue weighted by Gasteiger charge is -2.10. The predicted molar refractivity (Wildman–Crippen MR) is 77.6 cm³/mol. The van der Waals surface area contributed by atoms with Gasteiger partial charge in [-0.05, 0) is 35.9 Å². The maximum absolute atomic E-state index is 12.9. The van der Waals surface area contributed by atoms with Crippen LogP contribution in [0.4, 0.5) is 10.1 Å². The Hall–Kier alpha value is -2.75. The van der Waals surface area contributed by atoms with Crippen LogP contribution in [-0.2, 0) is 11.2 Å². The van der Waals surface area contributed by atoms with Crippen LogP contribution >= 0.6 is 0 Å². The van der Waals surface area contributed by atoms with E-state index in [1.54, 1.807) is 0 Å². The zero-order chi connectivity index (χ0) is 14.8. The molecule has 0 saturated carbocycles. The number of allylic oxidation sites excluding steroid dienone is 2. The molecule has 1 heterocycles. The third kappa shape index (κ3) is 2.74. The summed E-state index contributed by atoms with van der Waals surface area (Å²) in [4.78, 5) is 24.3. The average molecular weight is 281 g/mol. The molecule has 2 aromatic carbocycles. The van der Waals surface area contributed by atoms with Gasteiger partial charge in [-0.25, -0.2) is 4.39 Å². The van der Waals surface area contributed by atoms with Crippen LogP contribution in [0.1, 0.15) is 15.9 Å². The van der Waals surface area contributed by atoms with E-state index in [-0.39, 0.29) is 23.7 Å². The number of halogens is 1. The van der Waals surface area contributed by atoms with Crippen LogP contribution in [0, 0.1) is 5.82 Å². The van der Waals surface area contributed by atoms with Gasteiger partial charge >= 0.3 is 0 Å². The largest absolute Gasteiger partial charge is 0.352 e. The third-order valence-corrected chi connectivity index (χ3v) is 3.31. The van der Waals surface area contributed by atoms with Crippen LogP contribution in [0.15, 0.2) is 60.3 Å². The van der Waals surface area contributed by atoms with Crippen molar-refractivity contribution in [3.63, 3.8) is 0 Å². The van der Waals surface area contributed by atoms with Crippen LogP contribution in [0.5, 0.6) is 0 Å². The zero-order valence-corrected chi connectivity index (χ0v) is 11.1. The highest BCUT2D eigenvalue weighted by Crippen LogP contribution is 2.23. The Morgan fingerprint density at radius 1 is 1.05 bits per heavy atom. The van der Waals surface area contributed by atoms with Crippen molar-refractivity contribution >= 4 is 17.3 Å². The molecule has 1 N–H and O–H groups in total. The van der Waals surface area contributed by atoms with E-state index in [1.807, 2.05) is 24.3 Å². The Balaban J connectivity index is 1.96. The number of rotatable bonds is 2. The van der Waals surface area contributed by atoms with E-state index in [9.17, 15) is 14.0 Å². The first kappa shape index (κ1) is 13.2. The van der Waals surface area contributed by atoms with Gasteiger partial charge in [0.1, 0.15) is 5.82 Å². The monoisotopic (exact) mass is 281 g/mol. The van der Waals surface area contributed by atoms with Crippen molar-refractivity contribution in [3.05, 3.63) is 77.2 Å². The van der Waals surface area contributed by atoms with E-state index >= 15 is 0 Å². The van der Waals surface area contributed by atoms with E-state index in [0.717, 1.165) is 11.3 Å². The zero-order valence-electron chi connectivity index (χ0n) is 11.1. The van der Waals surface area contributed by atoms with Gasteiger partial charge in [0.25, 0.3) is 0 Å². The number of hydrogen-bond donors (Lipinski definition) is 1. The lowest BCUT2D eigenvalue weighted by Crippen LogP contribution is -2.12. The number of para-hydroxylation sites is 1. The first-order chi connectivity index (χ1) is 10.1. The van der Waals surface area contributed by atoms with Crippen LogP contribution < -0.4 is 5.32 Å². The van der Waals surface area contributed by atoms with Gasteiger partial charge in [-0.1, -0.05) is 18.2 Å². The van der Waals surface area contributed by atoms with Crippen molar-refractivity contribution < 1.29 is 14.0 Å². The Kier molecular flexibility index (Phi) is 3.36. The molecule has 0 spiro atoms. The molecule has 0 radical (unpaired) electrons. The fourth-order valence-corrected chi connectivity index (χ4v) is 2.26. The van der Waals surface area contributed by atoms with Crippen molar-refractivity contribution in [2.75, 3.05) is 5.32 Å². The summed E-state index contributed by atoms with van der Waals surface area (Å²) in [6, 6.07) is 12.6. The van der Waals surface area contributed by atoms with Gasteiger partial charge in [0.05, 0.1) is 5.70 Å². The van der Waals surface area contributed by atoms with Crippen LogP contribution in [0.25, 0.3) is 0 Å². The van der Waals surface area contributed by atoms with Crippen LogP contribution in [0.2, 0.25) is 0 Å². The van der Waals surface area contributed by atoms with Crippen molar-refractivity contribution in [2.45, 2.75) is 6.42 Å². The second-order valence-electron chi connectivity index (χ2n) is 4.82. The van der Waals surface area contributed by atoms with E-state index in [2.05, 4.69) is 5.32 Å². The molecule has 0 saturated heterocycles. The summed E-state index contributed by atoms with van der Waals surface area (Å²) < 4.78 is 12.9. The van der Waals surface area contributed by atoms with Crippen molar-refractivity contribution in [1.82, 2.24) is 0 Å². The minimum Gasteiger partial charge on any atom is -0.352 e. The van der Waals surface area contributed by atoms with Crippen LogP contribution in [-0.4, -0.2) is 11.6 Å². The highest BCUT2D eigenvalue weighted by molar-refractivity contribution is 6.14. The molecule has 0 fully saturated rings. The first-order valence-corrected chi connectivity index (χ1v) is 6.53. The van der Waals surface area contributed by atoms with Crippen molar-refractivity contribution in [2.24, 2.45) is 0 Å².